The second kappa shape index (κ2) is 3.14. The standard InChI is InChI=1S/C6H4ClN3/c7-3-5-1-2-6(4-8)10-9-5/h1-2H,3H2. The van der Waals surface area contributed by atoms with Gasteiger partial charge in [-0.1, -0.05) is 0 Å². The van der Waals surface area contributed by atoms with Gasteiger partial charge in [-0.2, -0.15) is 10.4 Å². The predicted octanol–water partition coefficient (Wildman–Crippen LogP) is 1.09. The highest BCUT2D eigenvalue weighted by Crippen LogP contribution is 1.97. The predicted molar refractivity (Wildman–Crippen MR) is 36.3 cm³/mol. The van der Waals surface area contributed by atoms with Crippen LogP contribution in [0.25, 0.3) is 0 Å². The van der Waals surface area contributed by atoms with Crippen molar-refractivity contribution in [3.05, 3.63) is 23.5 Å². The summed E-state index contributed by atoms with van der Waals surface area (Å²) in [5, 5.41) is 15.6. The van der Waals surface area contributed by atoms with Crippen LogP contribution in [-0.2, 0) is 5.88 Å². The first kappa shape index (κ1) is 6.97. The number of rotatable bonds is 1. The number of aromatic nitrogens is 2. The minimum absolute atomic E-state index is 0.314. The molecule has 0 aliphatic carbocycles. The van der Waals surface area contributed by atoms with E-state index in [4.69, 9.17) is 16.9 Å². The molecule has 0 aliphatic heterocycles. The maximum atomic E-state index is 8.32. The van der Waals surface area contributed by atoms with Crippen LogP contribution in [0.3, 0.4) is 0 Å². The molecule has 1 aromatic rings. The Bertz CT molecular complexity index is 249. The molecule has 10 heavy (non-hydrogen) atoms. The van der Waals surface area contributed by atoms with Crippen LogP contribution in [0.15, 0.2) is 12.1 Å². The molecule has 1 rings (SSSR count). The zero-order valence-corrected chi connectivity index (χ0v) is 5.84. The van der Waals surface area contributed by atoms with Crippen molar-refractivity contribution in [3.63, 3.8) is 0 Å². The third-order valence-corrected chi connectivity index (χ3v) is 1.25. The van der Waals surface area contributed by atoms with Gasteiger partial charge in [0.25, 0.3) is 0 Å². The SMILES string of the molecule is N#Cc1ccc(CCl)nn1. The van der Waals surface area contributed by atoms with Crippen molar-refractivity contribution >= 4 is 11.6 Å². The second-order valence-electron chi connectivity index (χ2n) is 1.66. The van der Waals surface area contributed by atoms with Crippen LogP contribution in [0.2, 0.25) is 0 Å². The Hall–Kier alpha value is -1.14. The van der Waals surface area contributed by atoms with Crippen molar-refractivity contribution in [3.8, 4) is 6.07 Å². The Morgan fingerprint density at radius 1 is 1.50 bits per heavy atom. The van der Waals surface area contributed by atoms with Crippen LogP contribution >= 0.6 is 11.6 Å². The van der Waals surface area contributed by atoms with Crippen molar-refractivity contribution in [2.24, 2.45) is 0 Å². The molecule has 0 saturated carbocycles. The fourth-order valence-electron chi connectivity index (χ4n) is 0.491. The number of hydrogen-bond donors (Lipinski definition) is 0. The third kappa shape index (κ3) is 1.42. The zero-order valence-electron chi connectivity index (χ0n) is 5.08. The summed E-state index contributed by atoms with van der Waals surface area (Å²) in [6.07, 6.45) is 0. The normalized spacial score (nSPS) is 8.80. The van der Waals surface area contributed by atoms with E-state index >= 15 is 0 Å². The maximum Gasteiger partial charge on any atom is 0.163 e. The summed E-state index contributed by atoms with van der Waals surface area (Å²) in [5.74, 6) is 0.332. The van der Waals surface area contributed by atoms with Gasteiger partial charge in [-0.3, -0.25) is 0 Å². The lowest BCUT2D eigenvalue weighted by atomic mass is 10.4. The molecule has 0 saturated heterocycles. The van der Waals surface area contributed by atoms with Gasteiger partial charge in [0.05, 0.1) is 11.6 Å². The molecule has 0 spiro atoms. The fraction of sp³-hybridized carbons (Fsp3) is 0.167. The molecule has 0 amide bonds. The van der Waals surface area contributed by atoms with E-state index in [1.807, 2.05) is 6.07 Å². The van der Waals surface area contributed by atoms with E-state index in [0.717, 1.165) is 0 Å². The average Bonchev–Trinajstić information content (AvgIpc) is 2.05. The van der Waals surface area contributed by atoms with Crippen LogP contribution < -0.4 is 0 Å². The van der Waals surface area contributed by atoms with E-state index in [-0.39, 0.29) is 0 Å². The molecule has 0 aliphatic rings. The summed E-state index contributed by atoms with van der Waals surface area (Å²) in [6.45, 7) is 0. The monoisotopic (exact) mass is 153 g/mol. The lowest BCUT2D eigenvalue weighted by Crippen LogP contribution is -1.90. The number of hydrogen-bond acceptors (Lipinski definition) is 3. The van der Waals surface area contributed by atoms with Crippen LogP contribution in [0.5, 0.6) is 0 Å². The minimum atomic E-state index is 0.314. The highest BCUT2D eigenvalue weighted by atomic mass is 35.5. The third-order valence-electron chi connectivity index (χ3n) is 0.971. The van der Waals surface area contributed by atoms with E-state index in [1.165, 1.54) is 0 Å². The van der Waals surface area contributed by atoms with Gasteiger partial charge in [-0.15, -0.1) is 16.7 Å². The Labute approximate surface area is 63.3 Å². The first-order valence-electron chi connectivity index (χ1n) is 2.65. The van der Waals surface area contributed by atoms with E-state index in [0.29, 0.717) is 17.3 Å². The lowest BCUT2D eigenvalue weighted by Gasteiger charge is -1.89. The summed E-state index contributed by atoms with van der Waals surface area (Å²) < 4.78 is 0. The molecule has 0 N–H and O–H groups in total. The summed E-state index contributed by atoms with van der Waals surface area (Å²) >= 11 is 5.44. The van der Waals surface area contributed by atoms with Gasteiger partial charge >= 0.3 is 0 Å². The van der Waals surface area contributed by atoms with E-state index in [2.05, 4.69) is 10.2 Å². The van der Waals surface area contributed by atoms with Gasteiger partial charge < -0.3 is 0 Å². The molecule has 0 unspecified atom stereocenters. The quantitative estimate of drug-likeness (QED) is 0.568. The molecule has 4 heteroatoms. The molecule has 1 aromatic heterocycles. The van der Waals surface area contributed by atoms with Gasteiger partial charge in [0.15, 0.2) is 5.69 Å². The largest absolute Gasteiger partial charge is 0.191 e. The van der Waals surface area contributed by atoms with Crippen LogP contribution in [0, 0.1) is 11.3 Å². The van der Waals surface area contributed by atoms with E-state index in [9.17, 15) is 0 Å². The highest BCUT2D eigenvalue weighted by molar-refractivity contribution is 6.16. The molecule has 0 bridgehead atoms. The van der Waals surface area contributed by atoms with Crippen molar-refractivity contribution in [1.82, 2.24) is 10.2 Å². The highest BCUT2D eigenvalue weighted by Gasteiger charge is 1.92. The zero-order chi connectivity index (χ0) is 7.40. The molecule has 0 atom stereocenters. The summed E-state index contributed by atoms with van der Waals surface area (Å²) in [6, 6.07) is 5.13. The average molecular weight is 154 g/mol. The summed E-state index contributed by atoms with van der Waals surface area (Å²) in [7, 11) is 0. The van der Waals surface area contributed by atoms with Gasteiger partial charge in [-0.05, 0) is 12.1 Å². The fourth-order valence-corrected chi connectivity index (χ4v) is 0.633. The van der Waals surface area contributed by atoms with Crippen LogP contribution in [0.1, 0.15) is 11.4 Å². The number of halogens is 1. The van der Waals surface area contributed by atoms with Gasteiger partial charge in [0.2, 0.25) is 0 Å². The van der Waals surface area contributed by atoms with Crippen molar-refractivity contribution < 1.29 is 0 Å². The first-order valence-corrected chi connectivity index (χ1v) is 3.19. The maximum absolute atomic E-state index is 8.32. The van der Waals surface area contributed by atoms with Crippen molar-refractivity contribution in [2.45, 2.75) is 5.88 Å². The number of alkyl halides is 1. The molecule has 0 radical (unpaired) electrons. The second-order valence-corrected chi connectivity index (χ2v) is 1.92. The summed E-state index contributed by atoms with van der Waals surface area (Å²) in [5.41, 5.74) is 0.995. The Balaban J connectivity index is 2.93. The Morgan fingerprint density at radius 2 is 2.30 bits per heavy atom. The molecular weight excluding hydrogens is 150 g/mol. The molecule has 50 valence electrons. The molecular formula is C6H4ClN3. The number of nitriles is 1. The van der Waals surface area contributed by atoms with Crippen molar-refractivity contribution in [2.75, 3.05) is 0 Å². The van der Waals surface area contributed by atoms with E-state index < -0.39 is 0 Å². The summed E-state index contributed by atoms with van der Waals surface area (Å²) in [4.78, 5) is 0. The number of nitrogens with zero attached hydrogens (tertiary/aromatic N) is 3. The Morgan fingerprint density at radius 3 is 2.70 bits per heavy atom. The van der Waals surface area contributed by atoms with Crippen LogP contribution in [-0.4, -0.2) is 10.2 Å². The molecule has 0 aromatic carbocycles. The van der Waals surface area contributed by atoms with Crippen molar-refractivity contribution in [1.29, 1.82) is 5.26 Å². The van der Waals surface area contributed by atoms with E-state index in [1.54, 1.807) is 12.1 Å². The Kier molecular flexibility index (Phi) is 2.19. The molecule has 0 fully saturated rings. The van der Waals surface area contributed by atoms with Gasteiger partial charge in [0, 0.05) is 0 Å². The smallest absolute Gasteiger partial charge is 0.163 e. The van der Waals surface area contributed by atoms with Crippen LogP contribution in [0.4, 0.5) is 0 Å². The lowest BCUT2D eigenvalue weighted by molar-refractivity contribution is 0.953. The first-order chi connectivity index (χ1) is 4.86. The molecule has 3 nitrogen and oxygen atoms in total. The topological polar surface area (TPSA) is 49.6 Å². The molecule has 1 heterocycles. The van der Waals surface area contributed by atoms with Gasteiger partial charge in [-0.25, -0.2) is 0 Å². The van der Waals surface area contributed by atoms with Gasteiger partial charge in [0.1, 0.15) is 6.07 Å². The minimum Gasteiger partial charge on any atom is -0.191 e.